The molecule has 45 heavy (non-hydrogen) atoms. The Morgan fingerprint density at radius 1 is 0.911 bits per heavy atom. The number of carbonyl (C=O) groups excluding carboxylic acids is 2. The molecule has 0 radical (unpaired) electrons. The number of aromatic nitrogens is 2. The zero-order valence-electron chi connectivity index (χ0n) is 25.8. The molecular formula is C33H40N4O6S2. The van der Waals surface area contributed by atoms with Crippen LogP contribution in [0.3, 0.4) is 0 Å². The second-order valence-corrected chi connectivity index (χ2v) is 12.3. The molecule has 12 heteroatoms. The molecule has 1 fully saturated rings. The number of hydrogen-bond donors (Lipinski definition) is 8. The Hall–Kier alpha value is -3.90. The third-order valence-corrected chi connectivity index (χ3v) is 9.20. The number of carbonyl (C=O) groups is 4. The fourth-order valence-electron chi connectivity index (χ4n) is 6.10. The maximum atomic E-state index is 12.5. The fraction of sp³-hybridized carbons (Fsp3) is 0.394. The van der Waals surface area contributed by atoms with Gasteiger partial charge in [-0.25, -0.2) is 0 Å². The smallest absolute Gasteiger partial charge is 0.303 e. The average molecular weight is 653 g/mol. The van der Waals surface area contributed by atoms with Crippen molar-refractivity contribution >= 4 is 67.2 Å². The lowest BCUT2D eigenvalue weighted by Gasteiger charge is -2.12. The number of aliphatic carboxylic acids is 2. The minimum absolute atomic E-state index is 0.00303. The molecule has 0 aliphatic carbocycles. The molecule has 4 heterocycles. The second kappa shape index (κ2) is 14.5. The van der Waals surface area contributed by atoms with Crippen LogP contribution in [-0.4, -0.2) is 55.7 Å². The zero-order chi connectivity index (χ0) is 33.0. The van der Waals surface area contributed by atoms with Gasteiger partial charge in [0.15, 0.2) is 0 Å². The molecule has 0 saturated carbocycles. The normalized spacial score (nSPS) is 21.9. The summed E-state index contributed by atoms with van der Waals surface area (Å²) in [4.78, 5) is 55.0. The van der Waals surface area contributed by atoms with Crippen LogP contribution in [0.2, 0.25) is 0 Å². The number of carboxylic acids is 2. The zero-order valence-corrected chi connectivity index (χ0v) is 27.6. The summed E-state index contributed by atoms with van der Waals surface area (Å²) in [6.07, 6.45) is 8.50. The average Bonchev–Trinajstić information content (AvgIpc) is 3.61. The fourth-order valence-corrected chi connectivity index (χ4v) is 6.53. The number of allylic oxidation sites excluding steroid dienone is 1. The van der Waals surface area contributed by atoms with Gasteiger partial charge in [-0.2, -0.15) is 25.3 Å². The molecule has 4 rings (SSSR count). The maximum absolute atomic E-state index is 12.5. The predicted molar refractivity (Wildman–Crippen MR) is 180 cm³/mol. The highest BCUT2D eigenvalue weighted by molar-refractivity contribution is 7.83. The highest BCUT2D eigenvalue weighted by Crippen LogP contribution is 2.32. The van der Waals surface area contributed by atoms with Crippen LogP contribution < -0.4 is 21.3 Å². The van der Waals surface area contributed by atoms with Gasteiger partial charge in [-0.15, -0.1) is 0 Å². The van der Waals surface area contributed by atoms with Crippen LogP contribution in [-0.2, 0) is 32.0 Å². The molecule has 3 atom stereocenters. The second-order valence-electron chi connectivity index (χ2n) is 11.6. The maximum Gasteiger partial charge on any atom is 0.303 e. The standard InChI is InChI=1S/C33H40N4O6S2/c1-16-20(5-7-30(38)39)27(34-24(16)13-26-18(3)23(10-12-45)33(43)36-26)15-28-21(6-8-31(40)41)17(2)25(35-28)14-29-22(9-11-44)19(4)32(42)37-29/h10,12-15,19,22,26,34-35,44-45H,5-9,11H2,1-4H3,(H,36,43)(H,37,42)(H,38,39)(H,40,41)/b12-10+,24-13+,27-15-,29-14-/t19-,22-,26-/m1/s1. The summed E-state index contributed by atoms with van der Waals surface area (Å²) in [7, 11) is 0. The van der Waals surface area contributed by atoms with Crippen molar-refractivity contribution in [3.8, 4) is 0 Å². The van der Waals surface area contributed by atoms with Gasteiger partial charge < -0.3 is 30.8 Å². The van der Waals surface area contributed by atoms with Crippen molar-refractivity contribution in [3.63, 3.8) is 0 Å². The van der Waals surface area contributed by atoms with E-state index in [0.717, 1.165) is 51.0 Å². The Bertz CT molecular complexity index is 1750. The monoisotopic (exact) mass is 652 g/mol. The molecule has 2 aliphatic rings. The van der Waals surface area contributed by atoms with Gasteiger partial charge in [0.1, 0.15) is 0 Å². The van der Waals surface area contributed by atoms with Gasteiger partial charge in [0, 0.05) is 58.0 Å². The number of amides is 2. The number of rotatable bonds is 12. The first kappa shape index (κ1) is 34.0. The van der Waals surface area contributed by atoms with E-state index in [1.165, 1.54) is 5.41 Å². The van der Waals surface area contributed by atoms with Crippen molar-refractivity contribution in [3.05, 3.63) is 72.7 Å². The highest BCUT2D eigenvalue weighted by atomic mass is 32.1. The Morgan fingerprint density at radius 2 is 1.58 bits per heavy atom. The number of thiol groups is 2. The van der Waals surface area contributed by atoms with Crippen LogP contribution in [0.25, 0.3) is 18.2 Å². The summed E-state index contributed by atoms with van der Waals surface area (Å²) in [5.74, 6) is -1.64. The molecule has 0 bridgehead atoms. The van der Waals surface area contributed by atoms with E-state index >= 15 is 0 Å². The van der Waals surface area contributed by atoms with Crippen LogP contribution in [0.5, 0.6) is 0 Å². The summed E-state index contributed by atoms with van der Waals surface area (Å²) in [6.45, 7) is 7.61. The van der Waals surface area contributed by atoms with E-state index in [2.05, 4.69) is 45.9 Å². The molecule has 2 amide bonds. The van der Waals surface area contributed by atoms with E-state index in [0.29, 0.717) is 22.4 Å². The van der Waals surface area contributed by atoms with Gasteiger partial charge in [-0.3, -0.25) is 19.2 Å². The van der Waals surface area contributed by atoms with Crippen LogP contribution >= 0.6 is 25.3 Å². The molecule has 10 nitrogen and oxygen atoms in total. The lowest BCUT2D eigenvalue weighted by atomic mass is 9.91. The van der Waals surface area contributed by atoms with E-state index < -0.39 is 11.9 Å². The van der Waals surface area contributed by atoms with Gasteiger partial charge in [0.25, 0.3) is 5.91 Å². The third kappa shape index (κ3) is 7.50. The molecule has 0 aromatic carbocycles. The highest BCUT2D eigenvalue weighted by Gasteiger charge is 2.34. The van der Waals surface area contributed by atoms with Crippen LogP contribution in [0.4, 0.5) is 0 Å². The number of carboxylic acid groups (broad SMARTS) is 2. The van der Waals surface area contributed by atoms with E-state index in [1.807, 2.05) is 45.9 Å². The topological polar surface area (TPSA) is 164 Å². The van der Waals surface area contributed by atoms with Gasteiger partial charge in [0.05, 0.1) is 6.04 Å². The Balaban J connectivity index is 1.88. The van der Waals surface area contributed by atoms with Gasteiger partial charge in [-0.05, 0) is 103 Å². The van der Waals surface area contributed by atoms with Crippen molar-refractivity contribution in [2.24, 2.45) is 11.8 Å². The van der Waals surface area contributed by atoms with Crippen molar-refractivity contribution in [2.75, 3.05) is 5.75 Å². The molecule has 6 N–H and O–H groups in total. The van der Waals surface area contributed by atoms with Gasteiger partial charge in [-0.1, -0.05) is 6.92 Å². The SMILES string of the molecule is CC1=C(/C=C/S)C(=O)N[C@@H]1/C=c1/[nH]/c(=C\c2[nH]c(/C=C3\NC(=O)[C@H](C)[C@H]3CCS)c(C)c2CCC(=O)O)c(CCC(=O)O)c1C. The summed E-state index contributed by atoms with van der Waals surface area (Å²) in [6, 6.07) is -0.360. The van der Waals surface area contributed by atoms with Crippen molar-refractivity contribution in [2.45, 2.75) is 65.8 Å². The first-order chi connectivity index (χ1) is 21.4. The minimum atomic E-state index is -0.924. The van der Waals surface area contributed by atoms with E-state index in [1.54, 1.807) is 6.08 Å². The molecular weight excluding hydrogens is 613 g/mol. The largest absolute Gasteiger partial charge is 0.481 e. The Morgan fingerprint density at radius 3 is 2.20 bits per heavy atom. The van der Waals surface area contributed by atoms with Crippen LogP contribution in [0.15, 0.2) is 28.3 Å². The third-order valence-electron chi connectivity index (χ3n) is 8.79. The molecule has 2 aliphatic heterocycles. The summed E-state index contributed by atoms with van der Waals surface area (Å²) in [5, 5.41) is 27.9. The Kier molecular flexibility index (Phi) is 10.9. The number of nitrogens with one attached hydrogen (secondary N) is 4. The quantitative estimate of drug-likeness (QED) is 0.164. The molecule has 1 saturated heterocycles. The van der Waals surface area contributed by atoms with E-state index in [9.17, 15) is 29.4 Å². The molecule has 2 aromatic rings. The number of aromatic amines is 2. The lowest BCUT2D eigenvalue weighted by molar-refractivity contribution is -0.138. The predicted octanol–water partition coefficient (Wildman–Crippen LogP) is 2.90. The van der Waals surface area contributed by atoms with Crippen molar-refractivity contribution < 1.29 is 29.4 Å². The van der Waals surface area contributed by atoms with Gasteiger partial charge in [0.2, 0.25) is 5.91 Å². The van der Waals surface area contributed by atoms with Crippen LogP contribution in [0, 0.1) is 25.7 Å². The minimum Gasteiger partial charge on any atom is -0.481 e. The van der Waals surface area contributed by atoms with Crippen molar-refractivity contribution in [1.82, 2.24) is 20.6 Å². The molecule has 240 valence electrons. The van der Waals surface area contributed by atoms with E-state index in [-0.39, 0.29) is 55.4 Å². The molecule has 0 spiro atoms. The summed E-state index contributed by atoms with van der Waals surface area (Å²) >= 11 is 8.48. The van der Waals surface area contributed by atoms with Crippen molar-refractivity contribution in [1.29, 1.82) is 0 Å². The summed E-state index contributed by atoms with van der Waals surface area (Å²) < 4.78 is 0. The number of hydrogen-bond acceptors (Lipinski definition) is 6. The first-order valence-electron chi connectivity index (χ1n) is 14.9. The van der Waals surface area contributed by atoms with Gasteiger partial charge >= 0.3 is 11.9 Å². The lowest BCUT2D eigenvalue weighted by Crippen LogP contribution is -2.29. The molecule has 2 aromatic heterocycles. The number of H-pyrrole nitrogens is 2. The Labute approximate surface area is 272 Å². The molecule has 0 unspecified atom stereocenters. The summed E-state index contributed by atoms with van der Waals surface area (Å²) in [5.41, 5.74) is 7.00. The first-order valence-corrected chi connectivity index (χ1v) is 16.0. The van der Waals surface area contributed by atoms with E-state index in [4.69, 9.17) is 0 Å². The van der Waals surface area contributed by atoms with Crippen LogP contribution in [0.1, 0.15) is 66.8 Å².